The number of cyclic esters (lactones) is 1. The van der Waals surface area contributed by atoms with Gasteiger partial charge in [0.25, 0.3) is 0 Å². The lowest BCUT2D eigenvalue weighted by atomic mass is 9.50. The van der Waals surface area contributed by atoms with E-state index in [4.69, 9.17) is 19.1 Å². The van der Waals surface area contributed by atoms with Crippen LogP contribution in [0.15, 0.2) is 36.5 Å². The van der Waals surface area contributed by atoms with Gasteiger partial charge in [-0.1, -0.05) is 42.9 Å². The Hall–Kier alpha value is -1.47. The van der Waals surface area contributed by atoms with Crippen LogP contribution in [0.4, 0.5) is 0 Å². The van der Waals surface area contributed by atoms with E-state index in [1.54, 1.807) is 0 Å². The normalized spacial score (nSPS) is 54.8. The van der Waals surface area contributed by atoms with Crippen molar-refractivity contribution in [3.8, 4) is 0 Å². The highest BCUT2D eigenvalue weighted by Gasteiger charge is 2.65. The molecular weight excluding hydrogens is 406 g/mol. The summed E-state index contributed by atoms with van der Waals surface area (Å²) in [6, 6.07) is 0. The molecule has 0 aromatic carbocycles. The van der Waals surface area contributed by atoms with Gasteiger partial charge >= 0.3 is 5.97 Å². The summed E-state index contributed by atoms with van der Waals surface area (Å²) < 4.78 is 12.2. The Labute approximate surface area is 191 Å². The Balaban J connectivity index is 1.53. The molecule has 4 aliphatic heterocycles. The van der Waals surface area contributed by atoms with Gasteiger partial charge in [0.1, 0.15) is 6.10 Å². The molecule has 0 spiro atoms. The molecule has 0 amide bonds. The van der Waals surface area contributed by atoms with Gasteiger partial charge in [0.2, 0.25) is 0 Å². The molecule has 1 saturated carbocycles. The minimum absolute atomic E-state index is 0.00274. The molecule has 11 atom stereocenters. The fraction of sp³-hybridized carbons (Fsp3) is 0.731. The molecular formula is C26H37NO5. The molecule has 2 aliphatic carbocycles. The molecule has 4 fully saturated rings. The van der Waals surface area contributed by atoms with Gasteiger partial charge in [-0.25, -0.2) is 0 Å². The van der Waals surface area contributed by atoms with Crippen LogP contribution in [0, 0.1) is 35.5 Å². The molecule has 0 aromatic heterocycles. The van der Waals surface area contributed by atoms with Crippen LogP contribution in [-0.4, -0.2) is 35.5 Å². The minimum atomic E-state index is -0.390. The lowest BCUT2D eigenvalue weighted by molar-refractivity contribution is -0.350. The van der Waals surface area contributed by atoms with Crippen LogP contribution in [0.5, 0.6) is 0 Å². The molecule has 6 nitrogen and oxygen atoms in total. The van der Waals surface area contributed by atoms with Crippen molar-refractivity contribution in [2.45, 2.75) is 83.4 Å². The number of nitrogens with one attached hydrogen (secondary N) is 1. The van der Waals surface area contributed by atoms with Gasteiger partial charge in [-0.05, 0) is 57.9 Å². The summed E-state index contributed by atoms with van der Waals surface area (Å²) in [5, 5.41) is 0. The molecule has 6 aliphatic rings. The Morgan fingerprint density at radius 1 is 1.00 bits per heavy atom. The quantitative estimate of drug-likeness (QED) is 0.445. The third kappa shape index (κ3) is 3.79. The van der Waals surface area contributed by atoms with E-state index >= 15 is 0 Å². The number of hydrogen-bond acceptors (Lipinski definition) is 6. The van der Waals surface area contributed by atoms with E-state index in [1.165, 1.54) is 0 Å². The molecule has 0 aromatic rings. The molecule has 2 unspecified atom stereocenters. The summed E-state index contributed by atoms with van der Waals surface area (Å²) in [7, 11) is 0. The van der Waals surface area contributed by atoms with Crippen molar-refractivity contribution >= 4 is 5.97 Å². The number of carbonyl (C=O) groups excluding carboxylic acids is 1. The summed E-state index contributed by atoms with van der Waals surface area (Å²) in [4.78, 5) is 24.5. The predicted molar refractivity (Wildman–Crippen MR) is 120 cm³/mol. The van der Waals surface area contributed by atoms with Gasteiger partial charge < -0.3 is 9.47 Å². The fourth-order valence-corrected chi connectivity index (χ4v) is 7.29. The first-order valence-electron chi connectivity index (χ1n) is 12.2. The van der Waals surface area contributed by atoms with E-state index in [0.717, 1.165) is 12.8 Å². The molecule has 176 valence electrons. The van der Waals surface area contributed by atoms with E-state index in [1.807, 2.05) is 26.0 Å². The first-order chi connectivity index (χ1) is 15.2. The zero-order valence-corrected chi connectivity index (χ0v) is 19.8. The average Bonchev–Trinajstić information content (AvgIpc) is 2.73. The molecule has 1 N–H and O–H groups in total. The fourth-order valence-electron chi connectivity index (χ4n) is 7.29. The van der Waals surface area contributed by atoms with Crippen LogP contribution in [0.25, 0.3) is 0 Å². The highest BCUT2D eigenvalue weighted by molar-refractivity contribution is 5.73. The van der Waals surface area contributed by atoms with Crippen LogP contribution in [0.3, 0.4) is 0 Å². The van der Waals surface area contributed by atoms with Gasteiger partial charge in [-0.2, -0.15) is 0 Å². The molecule has 3 saturated heterocycles. The van der Waals surface area contributed by atoms with Crippen molar-refractivity contribution in [1.29, 1.82) is 0 Å². The zero-order valence-electron chi connectivity index (χ0n) is 19.8. The number of fused-ring (bicyclic) bond motifs is 4. The number of hydrogen-bond donors (Lipinski definition) is 1. The van der Waals surface area contributed by atoms with Gasteiger partial charge in [-0.3, -0.25) is 14.5 Å². The summed E-state index contributed by atoms with van der Waals surface area (Å²) in [6.07, 6.45) is 15.2. The Morgan fingerprint density at radius 3 is 2.50 bits per heavy atom. The number of esters is 1. The summed E-state index contributed by atoms with van der Waals surface area (Å²) in [5.74, 6) is 1.13. The molecule has 4 bridgehead atoms. The molecule has 4 heterocycles. The molecule has 0 radical (unpaired) electrons. The van der Waals surface area contributed by atoms with E-state index < -0.39 is 0 Å². The monoisotopic (exact) mass is 443 g/mol. The minimum Gasteiger partial charge on any atom is -0.458 e. The van der Waals surface area contributed by atoms with Crippen molar-refractivity contribution in [3.63, 3.8) is 0 Å². The second-order valence-electron chi connectivity index (χ2n) is 11.2. The van der Waals surface area contributed by atoms with Gasteiger partial charge in [0.15, 0.2) is 0 Å². The number of ether oxygens (including phenoxy) is 2. The number of rotatable bonds is 0. The predicted octanol–water partition coefficient (Wildman–Crippen LogP) is 4.29. The summed E-state index contributed by atoms with van der Waals surface area (Å²) in [6.45, 7) is 10.6. The third-order valence-electron chi connectivity index (χ3n) is 8.52. The van der Waals surface area contributed by atoms with Gasteiger partial charge in [0.05, 0.1) is 29.3 Å². The summed E-state index contributed by atoms with van der Waals surface area (Å²) >= 11 is 0. The van der Waals surface area contributed by atoms with Crippen molar-refractivity contribution in [2.75, 3.05) is 0 Å². The Kier molecular flexibility index (Phi) is 5.64. The maximum absolute atomic E-state index is 12.7. The second kappa shape index (κ2) is 8.08. The number of allylic oxidation sites excluding steroid dienone is 5. The second-order valence-corrected chi connectivity index (χ2v) is 11.2. The Bertz CT molecular complexity index is 828. The standard InChI is InChI=1S/C26H37NO5/c1-15-8-6-7-9-16(2)29-24(28)17(3)20-12-21(31-27-30-20)22-19(15)11-10-18-13-25(4)14-26(5,32-25)23(18)22/h6-11,15-23,27H,12-14H2,1-5H3/b8-6-,9-7+/t15-,16+,17+,18-,19+,20?,21?,22+,23-,25-,26+/m1/s1. The largest absolute Gasteiger partial charge is 0.458 e. The van der Waals surface area contributed by atoms with Crippen molar-refractivity contribution in [2.24, 2.45) is 35.5 Å². The lowest BCUT2D eigenvalue weighted by Crippen LogP contribution is -2.70. The average molecular weight is 444 g/mol. The molecule has 32 heavy (non-hydrogen) atoms. The third-order valence-corrected chi connectivity index (χ3v) is 8.52. The van der Waals surface area contributed by atoms with Crippen LogP contribution >= 0.6 is 0 Å². The number of carbonyl (C=O) groups is 1. The lowest BCUT2D eigenvalue weighted by Gasteiger charge is -2.67. The van der Waals surface area contributed by atoms with Crippen molar-refractivity contribution in [3.05, 3.63) is 36.5 Å². The zero-order chi connectivity index (χ0) is 22.7. The maximum Gasteiger partial charge on any atom is 0.311 e. The molecule has 6 rings (SSSR count). The summed E-state index contributed by atoms with van der Waals surface area (Å²) in [5.41, 5.74) is 2.57. The van der Waals surface area contributed by atoms with E-state index in [-0.39, 0.29) is 47.3 Å². The van der Waals surface area contributed by atoms with E-state index in [9.17, 15) is 4.79 Å². The van der Waals surface area contributed by atoms with Gasteiger partial charge in [-0.15, -0.1) is 0 Å². The smallest absolute Gasteiger partial charge is 0.311 e. The van der Waals surface area contributed by atoms with Crippen LogP contribution < -0.4 is 5.64 Å². The highest BCUT2D eigenvalue weighted by Crippen LogP contribution is 2.63. The highest BCUT2D eigenvalue weighted by atomic mass is 16.9. The Morgan fingerprint density at radius 2 is 1.72 bits per heavy atom. The van der Waals surface area contributed by atoms with E-state index in [2.05, 4.69) is 50.7 Å². The van der Waals surface area contributed by atoms with Crippen LogP contribution in [0.2, 0.25) is 0 Å². The SMILES string of the molecule is C[C@@H]1C(=O)O[C@@H](C)/C=C/C=C\[C@@H](C)[C@@H]2C=C[C@@H]3C[C@]4(C)C[C@](C)(O4)[C@H]3[C@@H]2C2CC1ONO2. The first-order valence-corrected chi connectivity index (χ1v) is 12.2. The van der Waals surface area contributed by atoms with Gasteiger partial charge in [0, 0.05) is 24.7 Å². The first kappa shape index (κ1) is 22.3. The van der Waals surface area contributed by atoms with Crippen molar-refractivity contribution < 1.29 is 23.9 Å². The topological polar surface area (TPSA) is 66.0 Å². The van der Waals surface area contributed by atoms with Crippen LogP contribution in [0.1, 0.15) is 53.9 Å². The molecule has 6 heteroatoms. The van der Waals surface area contributed by atoms with Crippen LogP contribution in [-0.2, 0) is 23.9 Å². The maximum atomic E-state index is 12.7. The van der Waals surface area contributed by atoms with E-state index in [0.29, 0.717) is 30.1 Å². The van der Waals surface area contributed by atoms with Crippen molar-refractivity contribution in [1.82, 2.24) is 5.64 Å².